The molecule has 0 fully saturated rings. The molecule has 0 aliphatic carbocycles. The first-order valence-corrected chi connectivity index (χ1v) is 6.15. The minimum Gasteiger partial charge on any atom is -0.351 e. The molecule has 17 heavy (non-hydrogen) atoms. The van der Waals surface area contributed by atoms with E-state index in [1.54, 1.807) is 6.07 Å². The van der Waals surface area contributed by atoms with Gasteiger partial charge in [0, 0.05) is 11.6 Å². The molecule has 4 heteroatoms. The van der Waals surface area contributed by atoms with Crippen LogP contribution in [-0.2, 0) is 11.3 Å². The summed E-state index contributed by atoms with van der Waals surface area (Å²) in [7, 11) is 0. The Morgan fingerprint density at radius 2 is 2.06 bits per heavy atom. The highest BCUT2D eigenvalue weighted by Gasteiger charge is 2.14. The molecule has 0 saturated carbocycles. The summed E-state index contributed by atoms with van der Waals surface area (Å²) in [6.45, 7) is 4.51. The van der Waals surface area contributed by atoms with Gasteiger partial charge in [0.05, 0.1) is 6.04 Å². The molecular weight excluding hydrogens is 236 g/mol. The summed E-state index contributed by atoms with van der Waals surface area (Å²) in [4.78, 5) is 11.7. The lowest BCUT2D eigenvalue weighted by Gasteiger charge is -2.14. The van der Waals surface area contributed by atoms with Crippen LogP contribution in [0.5, 0.6) is 0 Å². The fourth-order valence-electron chi connectivity index (χ4n) is 1.57. The second-order valence-corrected chi connectivity index (χ2v) is 4.95. The van der Waals surface area contributed by atoms with Gasteiger partial charge in [-0.1, -0.05) is 43.6 Å². The molecule has 1 unspecified atom stereocenters. The average molecular weight is 255 g/mol. The van der Waals surface area contributed by atoms with Crippen molar-refractivity contribution in [3.63, 3.8) is 0 Å². The molecule has 1 atom stereocenters. The number of rotatable bonds is 5. The van der Waals surface area contributed by atoms with E-state index < -0.39 is 6.04 Å². The Kier molecular flexibility index (Phi) is 5.45. The maximum atomic E-state index is 11.7. The lowest BCUT2D eigenvalue weighted by Crippen LogP contribution is -2.41. The first kappa shape index (κ1) is 14.0. The summed E-state index contributed by atoms with van der Waals surface area (Å²) in [5, 5.41) is 3.45. The van der Waals surface area contributed by atoms with E-state index in [9.17, 15) is 4.79 Å². The molecule has 1 aromatic rings. The quantitative estimate of drug-likeness (QED) is 0.847. The number of carbonyl (C=O) groups excluding carboxylic acids is 1. The van der Waals surface area contributed by atoms with Crippen LogP contribution in [0.1, 0.15) is 25.8 Å². The minimum absolute atomic E-state index is 0.126. The maximum Gasteiger partial charge on any atom is 0.237 e. The smallest absolute Gasteiger partial charge is 0.237 e. The van der Waals surface area contributed by atoms with Gasteiger partial charge in [-0.25, -0.2) is 0 Å². The van der Waals surface area contributed by atoms with Crippen LogP contribution >= 0.6 is 11.6 Å². The average Bonchev–Trinajstić information content (AvgIpc) is 2.26. The molecule has 3 N–H and O–H groups in total. The van der Waals surface area contributed by atoms with Crippen molar-refractivity contribution in [2.75, 3.05) is 0 Å². The Hall–Kier alpha value is -1.06. The van der Waals surface area contributed by atoms with Crippen molar-refractivity contribution in [1.29, 1.82) is 0 Å². The van der Waals surface area contributed by atoms with Gasteiger partial charge in [0.1, 0.15) is 0 Å². The Bertz CT molecular complexity index is 379. The maximum absolute atomic E-state index is 11.7. The van der Waals surface area contributed by atoms with Gasteiger partial charge in [0.15, 0.2) is 0 Å². The van der Waals surface area contributed by atoms with Crippen LogP contribution in [0.2, 0.25) is 5.02 Å². The topological polar surface area (TPSA) is 55.1 Å². The molecule has 94 valence electrons. The van der Waals surface area contributed by atoms with E-state index in [4.69, 9.17) is 17.3 Å². The molecular formula is C13H19ClN2O. The van der Waals surface area contributed by atoms with Crippen molar-refractivity contribution in [2.45, 2.75) is 32.9 Å². The monoisotopic (exact) mass is 254 g/mol. The molecule has 0 radical (unpaired) electrons. The summed E-state index contributed by atoms with van der Waals surface area (Å²) in [5.41, 5.74) is 6.68. The third kappa shape index (κ3) is 4.75. The number of hydrogen-bond donors (Lipinski definition) is 2. The van der Waals surface area contributed by atoms with E-state index in [2.05, 4.69) is 5.32 Å². The first-order valence-electron chi connectivity index (χ1n) is 5.77. The van der Waals surface area contributed by atoms with Crippen LogP contribution in [0.4, 0.5) is 0 Å². The summed E-state index contributed by atoms with van der Waals surface area (Å²) >= 11 is 5.99. The van der Waals surface area contributed by atoms with Crippen molar-refractivity contribution in [3.05, 3.63) is 34.9 Å². The molecule has 0 heterocycles. The van der Waals surface area contributed by atoms with Crippen LogP contribution in [0.25, 0.3) is 0 Å². The Morgan fingerprint density at radius 3 is 2.65 bits per heavy atom. The van der Waals surface area contributed by atoms with Gasteiger partial charge in [-0.3, -0.25) is 4.79 Å². The number of carbonyl (C=O) groups is 1. The lowest BCUT2D eigenvalue weighted by molar-refractivity contribution is -0.122. The number of nitrogens with two attached hydrogens (primary N) is 1. The Morgan fingerprint density at radius 1 is 1.41 bits per heavy atom. The molecule has 3 nitrogen and oxygen atoms in total. The van der Waals surface area contributed by atoms with E-state index in [1.165, 1.54) is 0 Å². The van der Waals surface area contributed by atoms with Crippen LogP contribution < -0.4 is 11.1 Å². The second-order valence-electron chi connectivity index (χ2n) is 4.55. The zero-order chi connectivity index (χ0) is 12.8. The molecule has 1 amide bonds. The third-order valence-electron chi connectivity index (χ3n) is 2.47. The number of nitrogens with one attached hydrogen (secondary N) is 1. The van der Waals surface area contributed by atoms with Gasteiger partial charge in [0.25, 0.3) is 0 Å². The van der Waals surface area contributed by atoms with Gasteiger partial charge < -0.3 is 11.1 Å². The normalized spacial score (nSPS) is 12.5. The SMILES string of the molecule is CC(C)CC(N)C(=O)NCc1ccccc1Cl. The predicted molar refractivity (Wildman–Crippen MR) is 70.7 cm³/mol. The molecule has 0 aromatic heterocycles. The van der Waals surface area contributed by atoms with Gasteiger partial charge in [-0.15, -0.1) is 0 Å². The first-order chi connectivity index (χ1) is 8.00. The minimum atomic E-state index is -0.447. The Labute approximate surface area is 107 Å². The lowest BCUT2D eigenvalue weighted by atomic mass is 10.0. The number of amides is 1. The molecule has 0 aliphatic heterocycles. The predicted octanol–water partition coefficient (Wildman–Crippen LogP) is 2.33. The molecule has 0 spiro atoms. The molecule has 0 aliphatic rings. The fourth-order valence-corrected chi connectivity index (χ4v) is 1.77. The van der Waals surface area contributed by atoms with Crippen LogP contribution in [-0.4, -0.2) is 11.9 Å². The van der Waals surface area contributed by atoms with E-state index >= 15 is 0 Å². The highest BCUT2D eigenvalue weighted by molar-refractivity contribution is 6.31. The molecule has 1 aromatic carbocycles. The van der Waals surface area contributed by atoms with E-state index in [1.807, 2.05) is 32.0 Å². The van der Waals surface area contributed by atoms with E-state index in [-0.39, 0.29) is 5.91 Å². The van der Waals surface area contributed by atoms with Crippen LogP contribution in [0.3, 0.4) is 0 Å². The zero-order valence-corrected chi connectivity index (χ0v) is 11.0. The van der Waals surface area contributed by atoms with Crippen molar-refractivity contribution < 1.29 is 4.79 Å². The second kappa shape index (κ2) is 6.62. The summed E-state index contributed by atoms with van der Waals surface area (Å²) < 4.78 is 0. The standard InChI is InChI=1S/C13H19ClN2O/c1-9(2)7-12(15)13(17)16-8-10-5-3-4-6-11(10)14/h3-6,9,12H,7-8,15H2,1-2H3,(H,16,17). The van der Waals surface area contributed by atoms with Gasteiger partial charge in [0.2, 0.25) is 5.91 Å². The summed E-state index contributed by atoms with van der Waals surface area (Å²) in [6.07, 6.45) is 0.689. The van der Waals surface area contributed by atoms with Crippen LogP contribution in [0, 0.1) is 5.92 Å². The number of hydrogen-bond acceptors (Lipinski definition) is 2. The zero-order valence-electron chi connectivity index (χ0n) is 10.2. The Balaban J connectivity index is 2.46. The summed E-state index contributed by atoms with van der Waals surface area (Å²) in [5.74, 6) is 0.287. The largest absolute Gasteiger partial charge is 0.351 e. The number of halogens is 1. The van der Waals surface area contributed by atoms with Gasteiger partial charge in [-0.2, -0.15) is 0 Å². The molecule has 0 saturated heterocycles. The van der Waals surface area contributed by atoms with E-state index in [0.717, 1.165) is 5.56 Å². The number of benzene rings is 1. The van der Waals surface area contributed by atoms with E-state index in [0.29, 0.717) is 23.9 Å². The van der Waals surface area contributed by atoms with Crippen molar-refractivity contribution in [2.24, 2.45) is 11.7 Å². The van der Waals surface area contributed by atoms with Gasteiger partial charge >= 0.3 is 0 Å². The summed E-state index contributed by atoms with van der Waals surface area (Å²) in [6, 6.07) is 6.99. The molecule has 0 bridgehead atoms. The fraction of sp³-hybridized carbons (Fsp3) is 0.462. The van der Waals surface area contributed by atoms with Gasteiger partial charge in [-0.05, 0) is 24.0 Å². The van der Waals surface area contributed by atoms with Crippen molar-refractivity contribution in [3.8, 4) is 0 Å². The van der Waals surface area contributed by atoms with Crippen molar-refractivity contribution >= 4 is 17.5 Å². The van der Waals surface area contributed by atoms with Crippen molar-refractivity contribution in [1.82, 2.24) is 5.32 Å². The third-order valence-corrected chi connectivity index (χ3v) is 2.84. The molecule has 1 rings (SSSR count). The highest BCUT2D eigenvalue weighted by atomic mass is 35.5. The highest BCUT2D eigenvalue weighted by Crippen LogP contribution is 2.14. The van der Waals surface area contributed by atoms with Crippen LogP contribution in [0.15, 0.2) is 24.3 Å².